The molecule has 0 amide bonds. The van der Waals surface area contributed by atoms with E-state index in [9.17, 15) is 4.79 Å². The minimum atomic E-state index is -0.237. The molecule has 0 unspecified atom stereocenters. The lowest BCUT2D eigenvalue weighted by Crippen LogP contribution is -2.14. The summed E-state index contributed by atoms with van der Waals surface area (Å²) in [5.41, 5.74) is 6.29. The van der Waals surface area contributed by atoms with Gasteiger partial charge in [-0.1, -0.05) is 121 Å². The normalized spacial score (nSPS) is 18.6. The number of carbonyl (C=O) groups excluding carboxylic acids is 1. The number of carbonyl (C=O) groups is 1. The molecule has 4 aromatic carbocycles. The van der Waals surface area contributed by atoms with E-state index in [2.05, 4.69) is 48.5 Å². The minimum absolute atomic E-state index is 0.0290. The fraction of sp³-hybridized carbons (Fsp3) is 0.0690. The van der Waals surface area contributed by atoms with Crippen molar-refractivity contribution in [2.24, 2.45) is 0 Å². The lowest BCUT2D eigenvalue weighted by molar-refractivity contribution is -0.114. The summed E-state index contributed by atoms with van der Waals surface area (Å²) >= 11 is 0. The van der Waals surface area contributed by atoms with Crippen molar-refractivity contribution in [3.05, 3.63) is 144 Å². The standard InChI is InChI=1S/C29H22O/c30-29-27(23-17-9-3-10-18-23)25(21-13-5-1-6-14-21)26(22-15-7-2-8-16-22)28(29)24-19-11-4-12-20-24/h1-20,25,27H/t25-,27+/m1/s1. The highest BCUT2D eigenvalue weighted by molar-refractivity contribution is 6.35. The average molecular weight is 386 g/mol. The van der Waals surface area contributed by atoms with Gasteiger partial charge in [0.15, 0.2) is 5.78 Å². The molecule has 5 rings (SSSR count). The number of Topliss-reactive ketones (excluding diaryl/α,β-unsaturated/α-hetero) is 1. The monoisotopic (exact) mass is 386 g/mol. The van der Waals surface area contributed by atoms with Gasteiger partial charge in [0.1, 0.15) is 0 Å². The average Bonchev–Trinajstić information content (AvgIpc) is 3.14. The van der Waals surface area contributed by atoms with Crippen LogP contribution in [0.25, 0.3) is 11.1 Å². The summed E-state index contributed by atoms with van der Waals surface area (Å²) in [6, 6.07) is 41.1. The van der Waals surface area contributed by atoms with Gasteiger partial charge in [0.25, 0.3) is 0 Å². The molecule has 144 valence electrons. The second kappa shape index (κ2) is 7.96. The molecular weight excluding hydrogens is 364 g/mol. The van der Waals surface area contributed by atoms with E-state index in [1.807, 2.05) is 72.8 Å². The first kappa shape index (κ1) is 18.3. The topological polar surface area (TPSA) is 17.1 Å². The van der Waals surface area contributed by atoms with Crippen molar-refractivity contribution in [1.82, 2.24) is 0 Å². The highest BCUT2D eigenvalue weighted by Crippen LogP contribution is 2.54. The SMILES string of the molecule is O=C1C(c2ccccc2)=C(c2ccccc2)[C@@H](c2ccccc2)[C@@H]1c1ccccc1. The molecule has 0 aliphatic heterocycles. The summed E-state index contributed by atoms with van der Waals surface area (Å²) in [4.78, 5) is 14.0. The molecule has 1 heteroatoms. The van der Waals surface area contributed by atoms with Gasteiger partial charge >= 0.3 is 0 Å². The van der Waals surface area contributed by atoms with Gasteiger partial charge in [0, 0.05) is 11.5 Å². The van der Waals surface area contributed by atoms with E-state index in [0.29, 0.717) is 0 Å². The summed E-state index contributed by atoms with van der Waals surface area (Å²) in [5, 5.41) is 0. The van der Waals surface area contributed by atoms with Crippen LogP contribution in [-0.4, -0.2) is 5.78 Å². The van der Waals surface area contributed by atoms with Crippen molar-refractivity contribution in [2.75, 3.05) is 0 Å². The number of rotatable bonds is 4. The van der Waals surface area contributed by atoms with E-state index < -0.39 is 0 Å². The second-order valence-corrected chi connectivity index (χ2v) is 7.66. The molecule has 0 aromatic heterocycles. The van der Waals surface area contributed by atoms with Crippen molar-refractivity contribution in [3.8, 4) is 0 Å². The third-order valence-corrected chi connectivity index (χ3v) is 5.91. The van der Waals surface area contributed by atoms with Gasteiger partial charge in [-0.3, -0.25) is 4.79 Å². The van der Waals surface area contributed by atoms with Crippen LogP contribution in [0.4, 0.5) is 0 Å². The molecule has 0 radical (unpaired) electrons. The Morgan fingerprint density at radius 3 is 1.33 bits per heavy atom. The molecule has 1 aliphatic carbocycles. The van der Waals surface area contributed by atoms with Crippen LogP contribution in [0.2, 0.25) is 0 Å². The van der Waals surface area contributed by atoms with Crippen molar-refractivity contribution in [2.45, 2.75) is 11.8 Å². The van der Waals surface area contributed by atoms with Crippen molar-refractivity contribution >= 4 is 16.9 Å². The molecule has 1 nitrogen and oxygen atoms in total. The summed E-state index contributed by atoms with van der Waals surface area (Å²) in [5.74, 6) is -0.0715. The fourth-order valence-electron chi connectivity index (χ4n) is 4.63. The Morgan fingerprint density at radius 1 is 0.433 bits per heavy atom. The van der Waals surface area contributed by atoms with E-state index in [1.54, 1.807) is 0 Å². The van der Waals surface area contributed by atoms with Crippen LogP contribution >= 0.6 is 0 Å². The number of hydrogen-bond acceptors (Lipinski definition) is 1. The van der Waals surface area contributed by atoms with Gasteiger partial charge in [-0.15, -0.1) is 0 Å². The number of ketones is 1. The third kappa shape index (κ3) is 3.19. The fourth-order valence-corrected chi connectivity index (χ4v) is 4.63. The Hall–Kier alpha value is -3.71. The molecule has 0 heterocycles. The van der Waals surface area contributed by atoms with Crippen molar-refractivity contribution < 1.29 is 4.79 Å². The number of hydrogen-bond donors (Lipinski definition) is 0. The zero-order chi connectivity index (χ0) is 20.3. The van der Waals surface area contributed by atoms with E-state index in [-0.39, 0.29) is 17.6 Å². The van der Waals surface area contributed by atoms with Crippen molar-refractivity contribution in [1.29, 1.82) is 0 Å². The van der Waals surface area contributed by atoms with E-state index in [0.717, 1.165) is 27.8 Å². The Morgan fingerprint density at radius 2 is 0.833 bits per heavy atom. The van der Waals surface area contributed by atoms with Crippen LogP contribution in [0.3, 0.4) is 0 Å². The lowest BCUT2D eigenvalue weighted by atomic mass is 9.78. The summed E-state index contributed by atoms with van der Waals surface area (Å²) in [7, 11) is 0. The molecule has 1 aliphatic rings. The van der Waals surface area contributed by atoms with E-state index in [4.69, 9.17) is 0 Å². The quantitative estimate of drug-likeness (QED) is 0.379. The minimum Gasteiger partial charge on any atom is -0.293 e. The first-order valence-electron chi connectivity index (χ1n) is 10.3. The van der Waals surface area contributed by atoms with Crippen LogP contribution in [-0.2, 0) is 4.79 Å². The smallest absolute Gasteiger partial charge is 0.172 e. The Bertz CT molecular complexity index is 1180. The highest BCUT2D eigenvalue weighted by Gasteiger charge is 2.44. The van der Waals surface area contributed by atoms with Crippen LogP contribution in [0.1, 0.15) is 34.1 Å². The van der Waals surface area contributed by atoms with Gasteiger partial charge in [0.2, 0.25) is 0 Å². The first-order valence-corrected chi connectivity index (χ1v) is 10.3. The zero-order valence-electron chi connectivity index (χ0n) is 16.6. The van der Waals surface area contributed by atoms with Crippen LogP contribution in [0, 0.1) is 0 Å². The van der Waals surface area contributed by atoms with Crippen LogP contribution < -0.4 is 0 Å². The summed E-state index contributed by atoms with van der Waals surface area (Å²) in [6.07, 6.45) is 0. The van der Waals surface area contributed by atoms with E-state index in [1.165, 1.54) is 5.56 Å². The first-order chi connectivity index (χ1) is 14.8. The Labute approximate surface area is 177 Å². The molecule has 0 saturated heterocycles. The predicted octanol–water partition coefficient (Wildman–Crippen LogP) is 6.75. The van der Waals surface area contributed by atoms with E-state index >= 15 is 0 Å². The molecular formula is C29H22O. The van der Waals surface area contributed by atoms with Crippen LogP contribution in [0.15, 0.2) is 121 Å². The number of benzene rings is 4. The molecule has 0 bridgehead atoms. The number of allylic oxidation sites excluding steroid dienone is 2. The zero-order valence-corrected chi connectivity index (χ0v) is 16.6. The van der Waals surface area contributed by atoms with Gasteiger partial charge in [-0.05, 0) is 27.8 Å². The summed E-state index contributed by atoms with van der Waals surface area (Å²) in [6.45, 7) is 0. The Balaban J connectivity index is 1.81. The van der Waals surface area contributed by atoms with Gasteiger partial charge in [-0.25, -0.2) is 0 Å². The third-order valence-electron chi connectivity index (χ3n) is 5.91. The molecule has 0 fully saturated rings. The molecule has 4 aromatic rings. The second-order valence-electron chi connectivity index (χ2n) is 7.66. The molecule has 0 N–H and O–H groups in total. The van der Waals surface area contributed by atoms with Crippen molar-refractivity contribution in [3.63, 3.8) is 0 Å². The molecule has 30 heavy (non-hydrogen) atoms. The predicted molar refractivity (Wildman–Crippen MR) is 123 cm³/mol. The molecule has 2 atom stereocenters. The summed E-state index contributed by atoms with van der Waals surface area (Å²) < 4.78 is 0. The Kier molecular flexibility index (Phi) is 4.86. The largest absolute Gasteiger partial charge is 0.293 e. The highest BCUT2D eigenvalue weighted by atomic mass is 16.1. The molecule has 0 saturated carbocycles. The maximum atomic E-state index is 14.0. The lowest BCUT2D eigenvalue weighted by Gasteiger charge is -2.23. The van der Waals surface area contributed by atoms with Gasteiger partial charge in [-0.2, -0.15) is 0 Å². The molecule has 0 spiro atoms. The van der Waals surface area contributed by atoms with Gasteiger partial charge < -0.3 is 0 Å². The van der Waals surface area contributed by atoms with Gasteiger partial charge in [0.05, 0.1) is 5.92 Å². The maximum absolute atomic E-state index is 14.0. The van der Waals surface area contributed by atoms with Crippen LogP contribution in [0.5, 0.6) is 0 Å². The maximum Gasteiger partial charge on any atom is 0.172 e.